The van der Waals surface area contributed by atoms with E-state index in [4.69, 9.17) is 23.2 Å². The van der Waals surface area contributed by atoms with Crippen molar-refractivity contribution in [2.75, 3.05) is 7.05 Å². The van der Waals surface area contributed by atoms with Gasteiger partial charge in [-0.25, -0.2) is 0 Å². The fourth-order valence-corrected chi connectivity index (χ4v) is 1.46. The van der Waals surface area contributed by atoms with Crippen LogP contribution in [0.4, 0.5) is 0 Å². The van der Waals surface area contributed by atoms with Crippen LogP contribution in [0.5, 0.6) is 0 Å². The summed E-state index contributed by atoms with van der Waals surface area (Å²) in [5, 5.41) is 3.94. The molecule has 0 fully saturated rings. The van der Waals surface area contributed by atoms with Crippen molar-refractivity contribution < 1.29 is 4.79 Å². The third-order valence-corrected chi connectivity index (χ3v) is 2.71. The second-order valence-corrected chi connectivity index (χ2v) is 3.80. The van der Waals surface area contributed by atoms with Crippen LogP contribution in [-0.2, 0) is 11.2 Å². The molecule has 1 rings (SSSR count). The van der Waals surface area contributed by atoms with E-state index in [0.29, 0.717) is 16.5 Å². The fraction of sp³-hybridized carbons (Fsp3) is 0.300. The average molecular weight is 232 g/mol. The SMILES string of the molecule is CNC(C=O)Cc1ccc(Cl)c(Cl)c1. The zero-order valence-electron chi connectivity index (χ0n) is 7.76. The van der Waals surface area contributed by atoms with Gasteiger partial charge in [0.2, 0.25) is 0 Å². The van der Waals surface area contributed by atoms with Gasteiger partial charge >= 0.3 is 0 Å². The Balaban J connectivity index is 2.76. The Bertz CT molecular complexity index is 328. The minimum atomic E-state index is -0.174. The van der Waals surface area contributed by atoms with Crippen LogP contribution < -0.4 is 5.32 Å². The van der Waals surface area contributed by atoms with E-state index in [9.17, 15) is 4.79 Å². The Hall–Kier alpha value is -0.570. The first-order chi connectivity index (χ1) is 6.67. The Morgan fingerprint density at radius 2 is 2.14 bits per heavy atom. The number of hydrogen-bond acceptors (Lipinski definition) is 2. The van der Waals surface area contributed by atoms with Crippen molar-refractivity contribution in [3.63, 3.8) is 0 Å². The minimum Gasteiger partial charge on any atom is -0.311 e. The highest BCUT2D eigenvalue weighted by atomic mass is 35.5. The first-order valence-electron chi connectivity index (χ1n) is 4.24. The lowest BCUT2D eigenvalue weighted by atomic mass is 10.1. The lowest BCUT2D eigenvalue weighted by Gasteiger charge is -2.09. The van der Waals surface area contributed by atoms with Gasteiger partial charge in [-0.15, -0.1) is 0 Å². The maximum atomic E-state index is 10.6. The number of likely N-dealkylation sites (N-methyl/N-ethyl adjacent to an activating group) is 1. The Kier molecular flexibility index (Phi) is 4.39. The van der Waals surface area contributed by atoms with Crippen LogP contribution >= 0.6 is 23.2 Å². The quantitative estimate of drug-likeness (QED) is 0.807. The second kappa shape index (κ2) is 5.35. The van der Waals surface area contributed by atoms with Crippen molar-refractivity contribution in [2.45, 2.75) is 12.5 Å². The maximum Gasteiger partial charge on any atom is 0.137 e. The molecule has 1 unspecified atom stereocenters. The molecule has 0 saturated carbocycles. The van der Waals surface area contributed by atoms with Gasteiger partial charge in [-0.2, -0.15) is 0 Å². The van der Waals surface area contributed by atoms with Gasteiger partial charge in [0.1, 0.15) is 6.29 Å². The topological polar surface area (TPSA) is 29.1 Å². The molecule has 14 heavy (non-hydrogen) atoms. The van der Waals surface area contributed by atoms with Crippen LogP contribution in [0, 0.1) is 0 Å². The Morgan fingerprint density at radius 3 is 2.64 bits per heavy atom. The van der Waals surface area contributed by atoms with Gasteiger partial charge < -0.3 is 10.1 Å². The molecule has 0 aliphatic heterocycles. The van der Waals surface area contributed by atoms with Crippen molar-refractivity contribution in [3.05, 3.63) is 33.8 Å². The van der Waals surface area contributed by atoms with Crippen LogP contribution in [0.25, 0.3) is 0 Å². The van der Waals surface area contributed by atoms with Gasteiger partial charge in [-0.05, 0) is 31.2 Å². The third kappa shape index (κ3) is 2.98. The first kappa shape index (κ1) is 11.5. The summed E-state index contributed by atoms with van der Waals surface area (Å²) in [6.07, 6.45) is 1.50. The molecule has 0 amide bonds. The molecule has 1 aromatic carbocycles. The van der Waals surface area contributed by atoms with Gasteiger partial charge in [0.15, 0.2) is 0 Å². The minimum absolute atomic E-state index is 0.174. The summed E-state index contributed by atoms with van der Waals surface area (Å²) in [5.74, 6) is 0. The monoisotopic (exact) mass is 231 g/mol. The molecule has 0 heterocycles. The zero-order valence-corrected chi connectivity index (χ0v) is 9.27. The molecule has 0 aliphatic carbocycles. The molecule has 0 aromatic heterocycles. The van der Waals surface area contributed by atoms with Gasteiger partial charge in [0.05, 0.1) is 16.1 Å². The average Bonchev–Trinajstić information content (AvgIpc) is 2.19. The van der Waals surface area contributed by atoms with E-state index in [1.54, 1.807) is 19.2 Å². The van der Waals surface area contributed by atoms with Gasteiger partial charge in [0, 0.05) is 0 Å². The standard InChI is InChI=1S/C10H11Cl2NO/c1-13-8(6-14)4-7-2-3-9(11)10(12)5-7/h2-3,5-6,8,13H,4H2,1H3. The number of aldehydes is 1. The van der Waals surface area contributed by atoms with Crippen LogP contribution in [0.15, 0.2) is 18.2 Å². The molecule has 1 aromatic rings. The van der Waals surface area contributed by atoms with Crippen molar-refractivity contribution in [2.24, 2.45) is 0 Å². The molecule has 0 aliphatic rings. The summed E-state index contributed by atoms with van der Waals surface area (Å²) in [5.41, 5.74) is 0.992. The molecule has 0 spiro atoms. The van der Waals surface area contributed by atoms with Crippen LogP contribution in [-0.4, -0.2) is 19.4 Å². The maximum absolute atomic E-state index is 10.6. The molecule has 1 atom stereocenters. The lowest BCUT2D eigenvalue weighted by Crippen LogP contribution is -2.28. The van der Waals surface area contributed by atoms with Crippen molar-refractivity contribution in [1.82, 2.24) is 5.32 Å². The molecule has 0 bridgehead atoms. The summed E-state index contributed by atoms with van der Waals surface area (Å²) < 4.78 is 0. The highest BCUT2D eigenvalue weighted by Crippen LogP contribution is 2.22. The molecule has 1 N–H and O–H groups in total. The first-order valence-corrected chi connectivity index (χ1v) is 4.99. The molecule has 0 saturated heterocycles. The molecule has 76 valence electrons. The van der Waals surface area contributed by atoms with Crippen molar-refractivity contribution in [3.8, 4) is 0 Å². The van der Waals surface area contributed by atoms with Gasteiger partial charge in [-0.3, -0.25) is 0 Å². The number of rotatable bonds is 4. The molecule has 2 nitrogen and oxygen atoms in total. The second-order valence-electron chi connectivity index (χ2n) is 2.98. The summed E-state index contributed by atoms with van der Waals surface area (Å²) in [6.45, 7) is 0. The lowest BCUT2D eigenvalue weighted by molar-refractivity contribution is -0.109. The number of carbonyl (C=O) groups is 1. The Morgan fingerprint density at radius 1 is 1.43 bits per heavy atom. The largest absolute Gasteiger partial charge is 0.311 e. The Labute approximate surface area is 93.2 Å². The highest BCUT2D eigenvalue weighted by Gasteiger charge is 2.06. The molecular formula is C10H11Cl2NO. The molecule has 0 radical (unpaired) electrons. The number of nitrogens with one attached hydrogen (secondary N) is 1. The van der Waals surface area contributed by atoms with Crippen LogP contribution in [0.1, 0.15) is 5.56 Å². The normalized spacial score (nSPS) is 12.5. The van der Waals surface area contributed by atoms with E-state index in [1.165, 1.54) is 0 Å². The predicted molar refractivity (Wildman–Crippen MR) is 59.1 cm³/mol. The summed E-state index contributed by atoms with van der Waals surface area (Å²) >= 11 is 11.6. The van der Waals surface area contributed by atoms with Gasteiger partial charge in [-0.1, -0.05) is 29.3 Å². The molecule has 4 heteroatoms. The summed E-state index contributed by atoms with van der Waals surface area (Å²) in [6, 6.07) is 5.20. The van der Waals surface area contributed by atoms with Crippen LogP contribution in [0.3, 0.4) is 0 Å². The van der Waals surface area contributed by atoms with Gasteiger partial charge in [0.25, 0.3) is 0 Å². The number of benzene rings is 1. The zero-order chi connectivity index (χ0) is 10.6. The van der Waals surface area contributed by atoms with E-state index in [1.807, 2.05) is 6.07 Å². The van der Waals surface area contributed by atoms with Crippen molar-refractivity contribution in [1.29, 1.82) is 0 Å². The summed E-state index contributed by atoms with van der Waals surface area (Å²) in [7, 11) is 1.75. The van der Waals surface area contributed by atoms with E-state index < -0.39 is 0 Å². The van der Waals surface area contributed by atoms with Crippen molar-refractivity contribution >= 4 is 29.5 Å². The fourth-order valence-electron chi connectivity index (χ4n) is 1.14. The van der Waals surface area contributed by atoms with Crippen LogP contribution in [0.2, 0.25) is 10.0 Å². The molecular weight excluding hydrogens is 221 g/mol. The number of halogens is 2. The van der Waals surface area contributed by atoms with E-state index in [-0.39, 0.29) is 6.04 Å². The highest BCUT2D eigenvalue weighted by molar-refractivity contribution is 6.42. The number of carbonyl (C=O) groups excluding carboxylic acids is 1. The summed E-state index contributed by atoms with van der Waals surface area (Å²) in [4.78, 5) is 10.6. The van der Waals surface area contributed by atoms with E-state index in [0.717, 1.165) is 11.8 Å². The smallest absolute Gasteiger partial charge is 0.137 e. The van der Waals surface area contributed by atoms with E-state index in [2.05, 4.69) is 5.32 Å². The number of hydrogen-bond donors (Lipinski definition) is 1. The predicted octanol–water partition coefficient (Wildman–Crippen LogP) is 2.32. The van der Waals surface area contributed by atoms with E-state index >= 15 is 0 Å². The third-order valence-electron chi connectivity index (χ3n) is 1.97.